The Kier molecular flexibility index (Phi) is 3.29. The molecule has 1 nitrogen and oxygen atoms in total. The molecule has 56 valence electrons. The Hall–Kier alpha value is -0.640. The topological polar surface area (TPSA) is 17.1 Å². The van der Waals surface area contributed by atoms with Crippen LogP contribution in [0.1, 0.15) is 5.56 Å². The first-order valence-electron chi connectivity index (χ1n) is 3.20. The molecule has 2 heteroatoms. The lowest BCUT2D eigenvalue weighted by molar-refractivity contribution is -0.104. The third-order valence-corrected chi connectivity index (χ3v) is 1.78. The molecule has 1 aromatic rings. The number of rotatable bonds is 2. The standard InChI is InChI=1S/C9H7IO/c10-9(7-11)6-8-4-2-1-3-5-8/h1-7H/b9-6+. The van der Waals surface area contributed by atoms with E-state index < -0.39 is 0 Å². The zero-order valence-electron chi connectivity index (χ0n) is 5.83. The molecule has 0 aliphatic heterocycles. The first-order valence-corrected chi connectivity index (χ1v) is 4.28. The number of allylic oxidation sites excluding steroid dienone is 1. The molecule has 11 heavy (non-hydrogen) atoms. The minimum Gasteiger partial charge on any atom is -0.297 e. The average Bonchev–Trinajstić information content (AvgIpc) is 2.06. The van der Waals surface area contributed by atoms with Crippen LogP contribution in [-0.4, -0.2) is 6.29 Å². The molecule has 1 rings (SSSR count). The number of carbonyl (C=O) groups excluding carboxylic acids is 1. The summed E-state index contributed by atoms with van der Waals surface area (Å²) in [6, 6.07) is 9.76. The van der Waals surface area contributed by atoms with Crippen LogP contribution in [0.2, 0.25) is 0 Å². The van der Waals surface area contributed by atoms with Crippen molar-refractivity contribution in [1.82, 2.24) is 0 Å². The van der Waals surface area contributed by atoms with E-state index in [1.807, 2.05) is 59.0 Å². The fourth-order valence-corrected chi connectivity index (χ4v) is 1.10. The molecule has 0 atom stereocenters. The molecule has 0 saturated carbocycles. The second-order valence-electron chi connectivity index (χ2n) is 2.06. The minimum atomic E-state index is 0.716. The SMILES string of the molecule is O=C/C(I)=C\c1ccccc1. The lowest BCUT2D eigenvalue weighted by Gasteiger charge is -1.89. The first-order chi connectivity index (χ1) is 5.33. The molecule has 0 aliphatic rings. The van der Waals surface area contributed by atoms with Gasteiger partial charge in [-0.05, 0) is 34.2 Å². The van der Waals surface area contributed by atoms with Crippen LogP contribution in [-0.2, 0) is 4.79 Å². The Morgan fingerprint density at radius 2 is 1.91 bits per heavy atom. The Balaban J connectivity index is 2.87. The lowest BCUT2D eigenvalue weighted by atomic mass is 10.2. The minimum absolute atomic E-state index is 0.716. The van der Waals surface area contributed by atoms with Gasteiger partial charge in [0.2, 0.25) is 0 Å². The highest BCUT2D eigenvalue weighted by Crippen LogP contribution is 2.09. The Morgan fingerprint density at radius 1 is 1.27 bits per heavy atom. The Labute approximate surface area is 79.3 Å². The van der Waals surface area contributed by atoms with Crippen LogP contribution in [0.5, 0.6) is 0 Å². The van der Waals surface area contributed by atoms with Gasteiger partial charge in [0.1, 0.15) is 0 Å². The van der Waals surface area contributed by atoms with Gasteiger partial charge in [0, 0.05) is 0 Å². The Bertz CT molecular complexity index is 264. The zero-order valence-corrected chi connectivity index (χ0v) is 7.99. The van der Waals surface area contributed by atoms with Crippen LogP contribution in [0.15, 0.2) is 33.9 Å². The number of hydrogen-bond acceptors (Lipinski definition) is 1. The summed E-state index contributed by atoms with van der Waals surface area (Å²) >= 11 is 2.00. The summed E-state index contributed by atoms with van der Waals surface area (Å²) < 4.78 is 0.716. The molecule has 0 aromatic heterocycles. The molecule has 0 fully saturated rings. The number of benzene rings is 1. The van der Waals surface area contributed by atoms with Crippen molar-refractivity contribution in [2.45, 2.75) is 0 Å². The quantitative estimate of drug-likeness (QED) is 0.452. The molecule has 1 aromatic carbocycles. The molecule has 0 aliphatic carbocycles. The van der Waals surface area contributed by atoms with Crippen molar-refractivity contribution in [1.29, 1.82) is 0 Å². The van der Waals surface area contributed by atoms with Gasteiger partial charge in [-0.3, -0.25) is 4.79 Å². The number of hydrogen-bond donors (Lipinski definition) is 0. The molecule has 0 amide bonds. The molecular weight excluding hydrogens is 251 g/mol. The maximum atomic E-state index is 10.2. The molecule has 0 saturated heterocycles. The van der Waals surface area contributed by atoms with Gasteiger partial charge in [-0.2, -0.15) is 0 Å². The summed E-state index contributed by atoms with van der Waals surface area (Å²) in [6.07, 6.45) is 2.68. The van der Waals surface area contributed by atoms with Crippen LogP contribution in [0.25, 0.3) is 6.08 Å². The van der Waals surface area contributed by atoms with Crippen molar-refractivity contribution < 1.29 is 4.79 Å². The summed E-state index contributed by atoms with van der Waals surface area (Å²) in [5.41, 5.74) is 1.06. The van der Waals surface area contributed by atoms with Crippen molar-refractivity contribution in [3.8, 4) is 0 Å². The molecule has 0 heterocycles. The van der Waals surface area contributed by atoms with Gasteiger partial charge in [0.25, 0.3) is 0 Å². The molecule has 0 bridgehead atoms. The van der Waals surface area contributed by atoms with E-state index in [1.54, 1.807) is 0 Å². The third-order valence-electron chi connectivity index (χ3n) is 1.22. The zero-order chi connectivity index (χ0) is 8.10. The van der Waals surface area contributed by atoms with E-state index in [4.69, 9.17) is 0 Å². The van der Waals surface area contributed by atoms with Crippen molar-refractivity contribution in [3.05, 3.63) is 39.5 Å². The van der Waals surface area contributed by atoms with Crippen LogP contribution < -0.4 is 0 Å². The van der Waals surface area contributed by atoms with E-state index in [9.17, 15) is 4.79 Å². The lowest BCUT2D eigenvalue weighted by Crippen LogP contribution is -1.73. The summed E-state index contributed by atoms with van der Waals surface area (Å²) in [4.78, 5) is 10.2. The van der Waals surface area contributed by atoms with Gasteiger partial charge in [-0.25, -0.2) is 0 Å². The predicted octanol–water partition coefficient (Wildman–Crippen LogP) is 2.66. The second-order valence-corrected chi connectivity index (χ2v) is 3.30. The molecular formula is C9H7IO. The van der Waals surface area contributed by atoms with E-state index >= 15 is 0 Å². The fraction of sp³-hybridized carbons (Fsp3) is 0. The predicted molar refractivity (Wildman–Crippen MR) is 54.5 cm³/mol. The van der Waals surface area contributed by atoms with E-state index in [2.05, 4.69) is 0 Å². The number of carbonyl (C=O) groups is 1. The van der Waals surface area contributed by atoms with Crippen LogP contribution in [0.4, 0.5) is 0 Å². The van der Waals surface area contributed by atoms with Crippen molar-refractivity contribution in [3.63, 3.8) is 0 Å². The first kappa shape index (κ1) is 8.46. The summed E-state index contributed by atoms with van der Waals surface area (Å²) in [5, 5.41) is 0. The largest absolute Gasteiger partial charge is 0.297 e. The van der Waals surface area contributed by atoms with Gasteiger partial charge in [-0.1, -0.05) is 30.3 Å². The highest BCUT2D eigenvalue weighted by molar-refractivity contribution is 14.1. The molecule has 0 spiro atoms. The van der Waals surface area contributed by atoms with Gasteiger partial charge < -0.3 is 0 Å². The van der Waals surface area contributed by atoms with Crippen LogP contribution in [0, 0.1) is 0 Å². The summed E-state index contributed by atoms with van der Waals surface area (Å²) in [6.45, 7) is 0. The smallest absolute Gasteiger partial charge is 0.156 e. The van der Waals surface area contributed by atoms with Gasteiger partial charge in [-0.15, -0.1) is 0 Å². The van der Waals surface area contributed by atoms with Gasteiger partial charge in [0.05, 0.1) is 3.58 Å². The van der Waals surface area contributed by atoms with Crippen LogP contribution in [0.3, 0.4) is 0 Å². The normalized spacial score (nSPS) is 11.2. The third kappa shape index (κ3) is 2.84. The average molecular weight is 258 g/mol. The van der Waals surface area contributed by atoms with E-state index in [0.29, 0.717) is 3.58 Å². The van der Waals surface area contributed by atoms with Crippen molar-refractivity contribution >= 4 is 35.0 Å². The number of aldehydes is 1. The van der Waals surface area contributed by atoms with Crippen molar-refractivity contribution in [2.24, 2.45) is 0 Å². The Morgan fingerprint density at radius 3 is 2.45 bits per heavy atom. The van der Waals surface area contributed by atoms with E-state index in [1.165, 1.54) is 0 Å². The molecule has 0 N–H and O–H groups in total. The van der Waals surface area contributed by atoms with Gasteiger partial charge in [0.15, 0.2) is 6.29 Å². The van der Waals surface area contributed by atoms with E-state index in [0.717, 1.165) is 11.8 Å². The highest BCUT2D eigenvalue weighted by atomic mass is 127. The molecule has 0 radical (unpaired) electrons. The van der Waals surface area contributed by atoms with Crippen molar-refractivity contribution in [2.75, 3.05) is 0 Å². The maximum Gasteiger partial charge on any atom is 0.156 e. The summed E-state index contributed by atoms with van der Waals surface area (Å²) in [7, 11) is 0. The second kappa shape index (κ2) is 4.28. The number of halogens is 1. The van der Waals surface area contributed by atoms with Gasteiger partial charge >= 0.3 is 0 Å². The monoisotopic (exact) mass is 258 g/mol. The highest BCUT2D eigenvalue weighted by Gasteiger charge is 1.87. The maximum absolute atomic E-state index is 10.2. The summed E-state index contributed by atoms with van der Waals surface area (Å²) in [5.74, 6) is 0. The fourth-order valence-electron chi connectivity index (χ4n) is 0.743. The van der Waals surface area contributed by atoms with E-state index in [-0.39, 0.29) is 0 Å². The molecule has 0 unspecified atom stereocenters. The van der Waals surface area contributed by atoms with Crippen LogP contribution >= 0.6 is 22.6 Å².